The molecule has 6 saturated carbocycles. The zero-order chi connectivity index (χ0) is 50.5. The molecule has 8 nitrogen and oxygen atoms in total. The molecule has 11 fully saturated rings. The molecule has 1 aromatic rings. The van der Waals surface area contributed by atoms with Gasteiger partial charge in [-0.2, -0.15) is 0 Å². The average molecular weight is 1030 g/mol. The van der Waals surface area contributed by atoms with Crippen molar-refractivity contribution in [2.24, 2.45) is 97.9 Å². The summed E-state index contributed by atoms with van der Waals surface area (Å²) < 4.78 is 15.1. The number of carbonyl (C=O) groups excluding carboxylic acids is 2. The standard InChI is InChI=1S/C68H87N3O5/c1-38-29-43-18-19-51-45-30-46-35-70(51)57(43)54-47-21-27-66-60(58(72)49-32-44-20-26-63(59(49)71(34-45)56(44)46)36-64(22-5-6-23-64)65(37-63)24-7-8-25-65)75-62(74)67(66)52(68(66)50-15-9-13-40(14-10-28-69)53(50)61(73)76-68)33-41(39-11-3-2-4-12-39)16-17-42(55(47)67)31-48(38)54/h9,13,15-17,38-39,41-42,44-46,48-49,51-52,54,56,59,72H,2-8,10-12,14,18-37,69H2,1H3/b17-16-,60-58+/t38-,41-,42-,44+,45-,46-,48+,49+,51+,52+,54+,56+,59+,66-,67-,68-/m1/s1. The van der Waals surface area contributed by atoms with Gasteiger partial charge in [-0.1, -0.05) is 93.4 Å². The van der Waals surface area contributed by atoms with Gasteiger partial charge in [-0.15, -0.1) is 0 Å². The second-order valence-corrected chi connectivity index (χ2v) is 30.5. The molecule has 19 rings (SSSR count). The van der Waals surface area contributed by atoms with Crippen LogP contribution in [0.1, 0.15) is 202 Å². The SMILES string of the molecule is C[C@@H]1CC2=C3[C@H]4C5=C6[C@H](/C=C\[C@@H](C7CCCCC7)C[C@H]7[C@]68C(=O)O/C(=C(/O)[C@@H]6C[C@@H]9CCC%10(CC%11(CCCC%11)C%11(CCCC%11)C%10)[C@H]6N6C[C@H]%10C[C@H](CN3[C@H]%10CC2)[C@H]96)[C@@]8(CC5)[C@]72OC(=O)c3c(CCCN)cccc32)C[C@H]41. The summed E-state index contributed by atoms with van der Waals surface area (Å²) in [6.07, 6.45) is 38.8. The molecule has 404 valence electrons. The average Bonchev–Trinajstić information content (AvgIpc) is 4.34. The van der Waals surface area contributed by atoms with Crippen LogP contribution in [-0.2, 0) is 26.3 Å². The van der Waals surface area contributed by atoms with Gasteiger partial charge in [0.1, 0.15) is 11.2 Å². The maximum absolute atomic E-state index is 16.9. The van der Waals surface area contributed by atoms with Gasteiger partial charge >= 0.3 is 11.9 Å². The second kappa shape index (κ2) is 15.5. The molecule has 6 spiro atoms. The fourth-order valence-corrected chi connectivity index (χ4v) is 26.6. The van der Waals surface area contributed by atoms with Gasteiger partial charge in [-0.25, -0.2) is 4.79 Å². The molecule has 8 heteroatoms. The van der Waals surface area contributed by atoms with Crippen LogP contribution in [0.25, 0.3) is 0 Å². The minimum Gasteiger partial charge on any atom is -0.508 e. The van der Waals surface area contributed by atoms with Crippen molar-refractivity contribution in [1.82, 2.24) is 9.80 Å². The lowest BCUT2D eigenvalue weighted by molar-refractivity contribution is -0.282. The van der Waals surface area contributed by atoms with Crippen molar-refractivity contribution in [3.63, 3.8) is 0 Å². The Balaban J connectivity index is 0.933. The molecule has 0 amide bonds. The fourth-order valence-electron chi connectivity index (χ4n) is 26.6. The summed E-state index contributed by atoms with van der Waals surface area (Å²) in [5, 5.41) is 14.6. The van der Waals surface area contributed by atoms with Crippen molar-refractivity contribution >= 4 is 11.9 Å². The highest BCUT2D eigenvalue weighted by molar-refractivity contribution is 6.00. The van der Waals surface area contributed by atoms with Gasteiger partial charge < -0.3 is 25.2 Å². The zero-order valence-electron chi connectivity index (χ0n) is 45.9. The van der Waals surface area contributed by atoms with E-state index in [2.05, 4.69) is 47.1 Å². The molecule has 10 aliphatic carbocycles. The van der Waals surface area contributed by atoms with E-state index in [1.165, 1.54) is 147 Å². The van der Waals surface area contributed by atoms with Crippen molar-refractivity contribution in [2.45, 2.75) is 210 Å². The van der Waals surface area contributed by atoms with Gasteiger partial charge in [0, 0.05) is 60.2 Å². The molecule has 5 saturated heterocycles. The maximum Gasteiger partial charge on any atom is 0.339 e. The number of hydrogen-bond acceptors (Lipinski definition) is 8. The van der Waals surface area contributed by atoms with Crippen molar-refractivity contribution < 1.29 is 24.2 Å². The third-order valence-corrected chi connectivity index (χ3v) is 28.4. The molecule has 16 atom stereocenters. The van der Waals surface area contributed by atoms with Crippen LogP contribution >= 0.6 is 0 Å². The number of benzene rings is 1. The first-order chi connectivity index (χ1) is 37.1. The first-order valence-corrected chi connectivity index (χ1v) is 32.5. The summed E-state index contributed by atoms with van der Waals surface area (Å²) in [6.45, 7) is 5.49. The Kier molecular flexibility index (Phi) is 9.49. The zero-order valence-corrected chi connectivity index (χ0v) is 45.9. The van der Waals surface area contributed by atoms with Crippen LogP contribution in [0.4, 0.5) is 0 Å². The number of nitrogens with two attached hydrogens (primary N) is 1. The van der Waals surface area contributed by atoms with E-state index in [-0.39, 0.29) is 47.1 Å². The summed E-state index contributed by atoms with van der Waals surface area (Å²) in [6, 6.07) is 7.86. The lowest BCUT2D eigenvalue weighted by Gasteiger charge is -2.73. The Morgan fingerprint density at radius 1 is 0.803 bits per heavy atom. The fraction of sp³-hybridized carbons (Fsp3) is 0.765. The molecular formula is C68H87N3O5. The lowest BCUT2D eigenvalue weighted by Crippen LogP contribution is -2.78. The molecule has 0 radical (unpaired) electrons. The van der Waals surface area contributed by atoms with E-state index in [9.17, 15) is 5.11 Å². The van der Waals surface area contributed by atoms with Crippen LogP contribution in [0.3, 0.4) is 0 Å². The second-order valence-electron chi connectivity index (χ2n) is 30.5. The van der Waals surface area contributed by atoms with E-state index in [0.29, 0.717) is 95.2 Å². The maximum atomic E-state index is 16.9. The molecule has 0 unspecified atom stereocenters. The number of fused-ring (bicyclic) bond motifs is 8. The van der Waals surface area contributed by atoms with Gasteiger partial charge in [0.2, 0.25) is 0 Å². The number of nitrogens with zero attached hydrogens (tertiary/aromatic N) is 2. The summed E-state index contributed by atoms with van der Waals surface area (Å²) in [5.41, 5.74) is 13.1. The number of carbonyl (C=O) groups is 2. The number of esters is 2. The molecule has 9 bridgehead atoms. The molecule has 0 aromatic heterocycles. The van der Waals surface area contributed by atoms with Crippen molar-refractivity contribution in [3.8, 4) is 0 Å². The lowest BCUT2D eigenvalue weighted by atomic mass is 9.27. The van der Waals surface area contributed by atoms with Crippen LogP contribution in [0, 0.1) is 92.2 Å². The highest BCUT2D eigenvalue weighted by atomic mass is 16.6. The first-order valence-electron chi connectivity index (χ1n) is 32.5. The monoisotopic (exact) mass is 1030 g/mol. The number of aliphatic hydroxyl groups is 1. The Morgan fingerprint density at radius 3 is 2.39 bits per heavy atom. The van der Waals surface area contributed by atoms with Crippen molar-refractivity contribution in [3.05, 3.63) is 81.0 Å². The van der Waals surface area contributed by atoms with Crippen molar-refractivity contribution in [2.75, 3.05) is 19.6 Å². The first kappa shape index (κ1) is 46.4. The number of hydrogen-bond donors (Lipinski definition) is 2. The van der Waals surface area contributed by atoms with E-state index < -0.39 is 16.4 Å². The van der Waals surface area contributed by atoms with Crippen LogP contribution in [0.15, 0.2) is 64.3 Å². The van der Waals surface area contributed by atoms with Gasteiger partial charge in [0.25, 0.3) is 0 Å². The third-order valence-electron chi connectivity index (χ3n) is 28.4. The largest absolute Gasteiger partial charge is 0.508 e. The summed E-state index contributed by atoms with van der Waals surface area (Å²) in [7, 11) is 0. The predicted molar refractivity (Wildman–Crippen MR) is 291 cm³/mol. The highest BCUT2D eigenvalue weighted by Crippen LogP contribution is 2.89. The third kappa shape index (κ3) is 5.20. The number of aliphatic hydroxyl groups excluding tert-OH is 1. The number of rotatable bonds is 4. The highest BCUT2D eigenvalue weighted by Gasteiger charge is 2.94. The number of allylic oxidation sites excluding steroid dienone is 4. The molecule has 3 N–H and O–H groups in total. The van der Waals surface area contributed by atoms with Crippen molar-refractivity contribution in [1.29, 1.82) is 0 Å². The summed E-state index contributed by atoms with van der Waals surface area (Å²) in [5.74, 6) is 4.27. The predicted octanol–water partition coefficient (Wildman–Crippen LogP) is 13.2. The minimum absolute atomic E-state index is 0.107. The summed E-state index contributed by atoms with van der Waals surface area (Å²) in [4.78, 5) is 38.8. The summed E-state index contributed by atoms with van der Waals surface area (Å²) >= 11 is 0. The molecule has 76 heavy (non-hydrogen) atoms. The van der Waals surface area contributed by atoms with Gasteiger partial charge in [-0.3, -0.25) is 9.69 Å². The Morgan fingerprint density at radius 2 is 1.61 bits per heavy atom. The normalized spacial score (nSPS) is 48.2. The van der Waals surface area contributed by atoms with E-state index in [4.69, 9.17) is 15.2 Å². The topological polar surface area (TPSA) is 105 Å². The van der Waals surface area contributed by atoms with Crippen LogP contribution < -0.4 is 5.73 Å². The van der Waals surface area contributed by atoms with Crippen LogP contribution in [0.2, 0.25) is 0 Å². The Labute approximate surface area is 452 Å². The quantitative estimate of drug-likeness (QED) is 0.227. The van der Waals surface area contributed by atoms with Crippen LogP contribution in [0.5, 0.6) is 0 Å². The molecule has 8 heterocycles. The number of piperidine rings is 3. The van der Waals surface area contributed by atoms with E-state index in [1.807, 2.05) is 0 Å². The molecule has 8 aliphatic heterocycles. The minimum atomic E-state index is -1.14. The van der Waals surface area contributed by atoms with Gasteiger partial charge in [0.15, 0.2) is 11.4 Å². The van der Waals surface area contributed by atoms with Crippen LogP contribution in [-0.4, -0.2) is 64.6 Å². The van der Waals surface area contributed by atoms with Gasteiger partial charge in [0.05, 0.1) is 11.0 Å². The van der Waals surface area contributed by atoms with E-state index in [0.717, 1.165) is 55.3 Å². The molecule has 18 aliphatic rings. The number of ether oxygens (including phenoxy) is 2. The smallest absolute Gasteiger partial charge is 0.339 e. The Hall–Kier alpha value is -3.36. The number of aryl methyl sites for hydroxylation is 1. The van der Waals surface area contributed by atoms with E-state index >= 15 is 9.59 Å². The molecule has 1 aromatic carbocycles. The van der Waals surface area contributed by atoms with E-state index in [1.54, 1.807) is 16.8 Å². The Bertz CT molecular complexity index is 2850. The molecular weight excluding hydrogens is 939 g/mol. The van der Waals surface area contributed by atoms with Gasteiger partial charge in [-0.05, 0) is 216 Å².